The fourth-order valence-corrected chi connectivity index (χ4v) is 5.05. The van der Waals surface area contributed by atoms with Crippen molar-refractivity contribution in [3.8, 4) is 16.9 Å². The van der Waals surface area contributed by atoms with Gasteiger partial charge in [0.2, 0.25) is 5.75 Å². The Morgan fingerprint density at radius 3 is 2.12 bits per heavy atom. The van der Waals surface area contributed by atoms with Gasteiger partial charge in [-0.15, -0.1) is 13.2 Å². The molecule has 0 atom stereocenters. The highest BCUT2D eigenvalue weighted by atomic mass is 19.4. The molecule has 0 N–H and O–H groups in total. The van der Waals surface area contributed by atoms with Crippen molar-refractivity contribution >= 4 is 0 Å². The number of halogens is 7. The molecule has 0 unspecified atom stereocenters. The monoisotopic (exact) mass is 472 g/mol. The van der Waals surface area contributed by atoms with E-state index in [9.17, 15) is 26.3 Å². The van der Waals surface area contributed by atoms with Gasteiger partial charge in [0, 0.05) is 0 Å². The van der Waals surface area contributed by atoms with Gasteiger partial charge in [-0.1, -0.05) is 25.0 Å². The van der Waals surface area contributed by atoms with Crippen LogP contribution in [0.5, 0.6) is 5.75 Å². The van der Waals surface area contributed by atoms with Crippen LogP contribution in [0.2, 0.25) is 0 Å². The van der Waals surface area contributed by atoms with Crippen LogP contribution >= 0.6 is 0 Å². The zero-order valence-electron chi connectivity index (χ0n) is 18.0. The first-order valence-electron chi connectivity index (χ1n) is 11.0. The first-order valence-corrected chi connectivity index (χ1v) is 11.0. The van der Waals surface area contributed by atoms with E-state index < -0.39 is 46.5 Å². The highest BCUT2D eigenvalue weighted by molar-refractivity contribution is 5.68. The Bertz CT molecular complexity index is 1060. The first-order chi connectivity index (χ1) is 15.6. The maximum atomic E-state index is 15.3. The van der Waals surface area contributed by atoms with Crippen molar-refractivity contribution in [1.29, 1.82) is 0 Å². The summed E-state index contributed by atoms with van der Waals surface area (Å²) >= 11 is 0. The minimum atomic E-state index is -5.31. The topological polar surface area (TPSA) is 9.23 Å². The normalized spacial score (nSPS) is 20.9. The molecule has 0 aliphatic heterocycles. The third-order valence-corrected chi connectivity index (χ3v) is 6.83. The van der Waals surface area contributed by atoms with E-state index in [4.69, 9.17) is 0 Å². The van der Waals surface area contributed by atoms with Crippen molar-refractivity contribution < 1.29 is 35.5 Å². The molecule has 1 saturated carbocycles. The SMILES string of the molecule is CCC1CCC(C2=CCc3c(cc(F)c(-c4cc(F)c(OC(F)(F)F)c(F)c4)c3F)C2)CC1. The lowest BCUT2D eigenvalue weighted by molar-refractivity contribution is -0.276. The number of alkyl halides is 3. The van der Waals surface area contributed by atoms with Gasteiger partial charge in [0.05, 0.1) is 5.56 Å². The fraction of sp³-hybridized carbons (Fsp3) is 0.440. The highest BCUT2D eigenvalue weighted by Crippen LogP contribution is 2.41. The lowest BCUT2D eigenvalue weighted by Crippen LogP contribution is -2.20. The van der Waals surface area contributed by atoms with E-state index in [1.807, 2.05) is 6.08 Å². The number of allylic oxidation sites excluding steroid dienone is 2. The molecular formula is C25H23F7O. The van der Waals surface area contributed by atoms with Crippen molar-refractivity contribution in [3.05, 3.63) is 64.2 Å². The summed E-state index contributed by atoms with van der Waals surface area (Å²) in [5, 5.41) is 0. The van der Waals surface area contributed by atoms with Crippen LogP contribution in [0.1, 0.15) is 50.2 Å². The minimum Gasteiger partial charge on any atom is -0.399 e. The molecule has 0 bridgehead atoms. The van der Waals surface area contributed by atoms with Crippen LogP contribution in [0.3, 0.4) is 0 Å². The molecule has 33 heavy (non-hydrogen) atoms. The lowest BCUT2D eigenvalue weighted by Gasteiger charge is -2.32. The second kappa shape index (κ2) is 9.03. The second-order valence-electron chi connectivity index (χ2n) is 8.79. The zero-order valence-corrected chi connectivity index (χ0v) is 18.0. The van der Waals surface area contributed by atoms with Gasteiger partial charge in [-0.2, -0.15) is 0 Å². The maximum Gasteiger partial charge on any atom is 0.573 e. The summed E-state index contributed by atoms with van der Waals surface area (Å²) in [6, 6.07) is 2.04. The highest BCUT2D eigenvalue weighted by Gasteiger charge is 2.35. The molecule has 0 saturated heterocycles. The summed E-state index contributed by atoms with van der Waals surface area (Å²) in [5.41, 5.74) is 0.667. The van der Waals surface area contributed by atoms with Crippen LogP contribution in [0.4, 0.5) is 30.7 Å². The summed E-state index contributed by atoms with van der Waals surface area (Å²) < 4.78 is 98.9. The second-order valence-corrected chi connectivity index (χ2v) is 8.79. The number of fused-ring (bicyclic) bond motifs is 1. The molecule has 1 fully saturated rings. The minimum absolute atomic E-state index is 0.220. The number of rotatable bonds is 4. The van der Waals surface area contributed by atoms with Gasteiger partial charge in [0.1, 0.15) is 11.6 Å². The molecule has 1 nitrogen and oxygen atoms in total. The van der Waals surface area contributed by atoms with Crippen molar-refractivity contribution in [1.82, 2.24) is 0 Å². The van der Waals surface area contributed by atoms with Crippen LogP contribution in [0.15, 0.2) is 29.8 Å². The first kappa shape index (κ1) is 23.6. The summed E-state index contributed by atoms with van der Waals surface area (Å²) in [6.07, 6.45) is 2.79. The van der Waals surface area contributed by atoms with E-state index in [1.165, 1.54) is 0 Å². The molecule has 0 aromatic heterocycles. The Hall–Kier alpha value is -2.51. The third-order valence-electron chi connectivity index (χ3n) is 6.83. The largest absolute Gasteiger partial charge is 0.573 e. The van der Waals surface area contributed by atoms with Crippen LogP contribution in [0, 0.1) is 35.1 Å². The predicted octanol–water partition coefficient (Wildman–Crippen LogP) is 8.05. The van der Waals surface area contributed by atoms with Gasteiger partial charge < -0.3 is 4.74 Å². The number of ether oxygens (including phenoxy) is 1. The molecule has 2 aliphatic carbocycles. The van der Waals surface area contributed by atoms with Gasteiger partial charge in [-0.3, -0.25) is 0 Å². The van der Waals surface area contributed by atoms with E-state index in [0.717, 1.165) is 49.7 Å². The Kier molecular flexibility index (Phi) is 6.47. The molecule has 2 aliphatic rings. The molecule has 0 heterocycles. The molecule has 8 heteroatoms. The number of hydrogen-bond acceptors (Lipinski definition) is 1. The van der Waals surface area contributed by atoms with E-state index in [2.05, 4.69) is 11.7 Å². The molecule has 4 rings (SSSR count). The molecule has 0 spiro atoms. The molecule has 0 radical (unpaired) electrons. The molecule has 2 aromatic carbocycles. The van der Waals surface area contributed by atoms with Crippen LogP contribution in [0.25, 0.3) is 11.1 Å². The van der Waals surface area contributed by atoms with Gasteiger partial charge >= 0.3 is 6.36 Å². The van der Waals surface area contributed by atoms with Crippen LogP contribution < -0.4 is 4.74 Å². The molecule has 0 amide bonds. The lowest BCUT2D eigenvalue weighted by atomic mass is 9.74. The molecule has 2 aromatic rings. The van der Waals surface area contributed by atoms with Crippen molar-refractivity contribution in [3.63, 3.8) is 0 Å². The zero-order chi connectivity index (χ0) is 23.9. The van der Waals surface area contributed by atoms with Gasteiger partial charge in [0.25, 0.3) is 0 Å². The van der Waals surface area contributed by atoms with Crippen molar-refractivity contribution in [2.24, 2.45) is 11.8 Å². The molecule has 178 valence electrons. The van der Waals surface area contributed by atoms with Crippen molar-refractivity contribution in [2.75, 3.05) is 0 Å². The van der Waals surface area contributed by atoms with E-state index >= 15 is 4.39 Å². The quantitative estimate of drug-likeness (QED) is 0.323. The molecular weight excluding hydrogens is 449 g/mol. The summed E-state index contributed by atoms with van der Waals surface area (Å²) in [6.45, 7) is 2.18. The number of hydrogen-bond donors (Lipinski definition) is 0. The maximum absolute atomic E-state index is 15.3. The van der Waals surface area contributed by atoms with Crippen LogP contribution in [-0.4, -0.2) is 6.36 Å². The van der Waals surface area contributed by atoms with Gasteiger partial charge in [-0.25, -0.2) is 17.6 Å². The van der Waals surface area contributed by atoms with Crippen LogP contribution in [-0.2, 0) is 12.8 Å². The smallest absolute Gasteiger partial charge is 0.399 e. The Morgan fingerprint density at radius 2 is 1.55 bits per heavy atom. The summed E-state index contributed by atoms with van der Waals surface area (Å²) in [7, 11) is 0. The van der Waals surface area contributed by atoms with Gasteiger partial charge in [-0.05, 0) is 85.3 Å². The van der Waals surface area contributed by atoms with Crippen molar-refractivity contribution in [2.45, 2.75) is 58.2 Å². The van der Waals surface area contributed by atoms with E-state index in [-0.39, 0.29) is 12.0 Å². The van der Waals surface area contributed by atoms with E-state index in [0.29, 0.717) is 30.0 Å². The van der Waals surface area contributed by atoms with Gasteiger partial charge in [0.15, 0.2) is 11.6 Å². The summed E-state index contributed by atoms with van der Waals surface area (Å²) in [5.74, 6) is -5.95. The third kappa shape index (κ3) is 4.89. The fourth-order valence-electron chi connectivity index (χ4n) is 5.05. The Labute approximate surface area is 187 Å². The summed E-state index contributed by atoms with van der Waals surface area (Å²) in [4.78, 5) is 0. The standard InChI is InChI=1S/C25H23F7O/c1-2-13-3-5-14(6-4-13)15-7-8-18-16(9-15)10-19(26)22(23(18)29)17-11-20(27)24(21(28)12-17)33-25(30,31)32/h7,10-14H,2-6,8-9H2,1H3. The Morgan fingerprint density at radius 1 is 0.909 bits per heavy atom. The number of benzene rings is 2. The Balaban J connectivity index is 1.63. The average Bonchev–Trinajstić information content (AvgIpc) is 2.75. The van der Waals surface area contributed by atoms with E-state index in [1.54, 1.807) is 0 Å². The average molecular weight is 472 g/mol. The predicted molar refractivity (Wildman–Crippen MR) is 110 cm³/mol.